The van der Waals surface area contributed by atoms with Crippen molar-refractivity contribution in [3.63, 3.8) is 0 Å². The van der Waals surface area contributed by atoms with Crippen LogP contribution in [-0.4, -0.2) is 33.4 Å². The van der Waals surface area contributed by atoms with E-state index in [1.54, 1.807) is 14.2 Å². The number of nitrogens with two attached hydrogens (primary N) is 1. The predicted octanol–water partition coefficient (Wildman–Crippen LogP) is 4.06. The van der Waals surface area contributed by atoms with Crippen molar-refractivity contribution in [3.05, 3.63) is 53.1 Å². The van der Waals surface area contributed by atoms with Crippen molar-refractivity contribution in [2.24, 2.45) is 5.73 Å². The average molecular weight is 377 g/mol. The number of rotatable bonds is 4. The van der Waals surface area contributed by atoms with E-state index in [0.29, 0.717) is 5.92 Å². The summed E-state index contributed by atoms with van der Waals surface area (Å²) in [7, 11) is 3.33. The molecule has 0 aliphatic carbocycles. The minimum Gasteiger partial charge on any atom is -0.493 e. The van der Waals surface area contributed by atoms with Crippen molar-refractivity contribution < 1.29 is 9.47 Å². The zero-order valence-electron chi connectivity index (χ0n) is 16.0. The van der Waals surface area contributed by atoms with Crippen LogP contribution in [0.1, 0.15) is 29.0 Å². The van der Waals surface area contributed by atoms with E-state index in [1.807, 2.05) is 12.1 Å². The van der Waals surface area contributed by atoms with Gasteiger partial charge in [-0.1, -0.05) is 18.2 Å². The first kappa shape index (κ1) is 20.4. The molecule has 0 aromatic heterocycles. The van der Waals surface area contributed by atoms with Crippen LogP contribution in [0.3, 0.4) is 0 Å². The molecule has 1 aliphatic rings. The van der Waals surface area contributed by atoms with Crippen molar-refractivity contribution in [1.29, 1.82) is 0 Å². The van der Waals surface area contributed by atoms with Gasteiger partial charge in [0.2, 0.25) is 0 Å². The van der Waals surface area contributed by atoms with Gasteiger partial charge in [-0.05, 0) is 49.1 Å². The molecule has 2 atom stereocenters. The predicted molar refractivity (Wildman–Crippen MR) is 110 cm³/mol. The van der Waals surface area contributed by atoms with Gasteiger partial charge in [-0.2, -0.15) is 0 Å². The van der Waals surface area contributed by atoms with Gasteiger partial charge in [0.05, 0.1) is 14.2 Å². The Bertz CT molecular complexity index is 751. The quantitative estimate of drug-likeness (QED) is 0.873. The second-order valence-electron chi connectivity index (χ2n) is 6.89. The molecule has 1 fully saturated rings. The summed E-state index contributed by atoms with van der Waals surface area (Å²) in [6.45, 7) is 6.19. The summed E-state index contributed by atoms with van der Waals surface area (Å²) in [6.07, 6.45) is 0.978. The first-order valence-electron chi connectivity index (χ1n) is 8.83. The van der Waals surface area contributed by atoms with Crippen LogP contribution in [0.15, 0.2) is 36.4 Å². The fourth-order valence-corrected chi connectivity index (χ4v) is 3.57. The fraction of sp³-hybridized carbons (Fsp3) is 0.429. The number of benzene rings is 2. The highest BCUT2D eigenvalue weighted by molar-refractivity contribution is 5.85. The number of ether oxygens (including phenoxy) is 2. The molecule has 0 spiro atoms. The lowest BCUT2D eigenvalue weighted by atomic mass is 9.85. The summed E-state index contributed by atoms with van der Waals surface area (Å²) in [6, 6.07) is 13.0. The minimum atomic E-state index is 0. The van der Waals surface area contributed by atoms with Crippen LogP contribution < -0.4 is 20.1 Å². The Kier molecular flexibility index (Phi) is 6.79. The molecule has 2 N–H and O–H groups in total. The average Bonchev–Trinajstić information content (AvgIpc) is 2.64. The van der Waals surface area contributed by atoms with Gasteiger partial charge in [0.15, 0.2) is 11.5 Å². The number of halogens is 1. The van der Waals surface area contributed by atoms with Crippen LogP contribution in [0.4, 0.5) is 5.69 Å². The van der Waals surface area contributed by atoms with Crippen molar-refractivity contribution >= 4 is 18.1 Å². The third-order valence-corrected chi connectivity index (χ3v) is 5.36. The molecule has 0 amide bonds. The first-order chi connectivity index (χ1) is 12.0. The van der Waals surface area contributed by atoms with Crippen molar-refractivity contribution in [2.75, 3.05) is 32.2 Å². The van der Waals surface area contributed by atoms with Gasteiger partial charge in [0.25, 0.3) is 0 Å². The molecule has 5 heteroatoms. The van der Waals surface area contributed by atoms with Crippen LogP contribution in [0, 0.1) is 13.8 Å². The van der Waals surface area contributed by atoms with Crippen molar-refractivity contribution in [3.8, 4) is 11.5 Å². The molecular weight excluding hydrogens is 348 g/mol. The Hall–Kier alpha value is -1.91. The van der Waals surface area contributed by atoms with E-state index in [0.717, 1.165) is 36.7 Å². The van der Waals surface area contributed by atoms with Gasteiger partial charge in [0, 0.05) is 36.8 Å². The molecule has 0 radical (unpaired) electrons. The molecule has 1 saturated heterocycles. The van der Waals surface area contributed by atoms with E-state index in [-0.39, 0.29) is 18.4 Å². The molecule has 2 aromatic carbocycles. The normalized spacial score (nSPS) is 19.7. The Labute approximate surface area is 162 Å². The van der Waals surface area contributed by atoms with Crippen molar-refractivity contribution in [1.82, 2.24) is 0 Å². The Morgan fingerprint density at radius 1 is 0.962 bits per heavy atom. The molecule has 2 unspecified atom stereocenters. The fourth-order valence-electron chi connectivity index (χ4n) is 3.57. The maximum absolute atomic E-state index is 6.47. The molecule has 0 bridgehead atoms. The zero-order valence-corrected chi connectivity index (χ0v) is 16.8. The number of hydrogen-bond donors (Lipinski definition) is 1. The molecule has 2 aromatic rings. The number of piperidine rings is 1. The topological polar surface area (TPSA) is 47.7 Å². The lowest BCUT2D eigenvalue weighted by Crippen LogP contribution is -2.45. The molecule has 4 nitrogen and oxygen atoms in total. The number of aryl methyl sites for hydroxylation is 2. The summed E-state index contributed by atoms with van der Waals surface area (Å²) < 4.78 is 10.8. The number of methoxy groups -OCH3 is 2. The minimum absolute atomic E-state index is 0. The standard InChI is InChI=1S/C21H28N2O2.ClH/c1-14-5-6-16(11-15(14)2)18-13-23(10-9-19(18)22)17-7-8-20(24-3)21(12-17)25-4;/h5-8,11-12,18-19H,9-10,13,22H2,1-4H3;1H. The summed E-state index contributed by atoms with van der Waals surface area (Å²) in [5.74, 6) is 1.85. The highest BCUT2D eigenvalue weighted by Gasteiger charge is 2.28. The summed E-state index contributed by atoms with van der Waals surface area (Å²) in [5, 5.41) is 0. The molecule has 142 valence electrons. The number of hydrogen-bond acceptors (Lipinski definition) is 4. The largest absolute Gasteiger partial charge is 0.493 e. The Morgan fingerprint density at radius 2 is 1.69 bits per heavy atom. The van der Waals surface area contributed by atoms with Gasteiger partial charge in [-0.15, -0.1) is 12.4 Å². The highest BCUT2D eigenvalue weighted by Crippen LogP contribution is 2.35. The van der Waals surface area contributed by atoms with E-state index < -0.39 is 0 Å². The smallest absolute Gasteiger partial charge is 0.162 e. The Balaban J connectivity index is 0.00000243. The summed E-state index contributed by atoms with van der Waals surface area (Å²) in [4.78, 5) is 2.39. The van der Waals surface area contributed by atoms with Gasteiger partial charge in [-0.3, -0.25) is 0 Å². The lowest BCUT2D eigenvalue weighted by molar-refractivity contribution is 0.354. The highest BCUT2D eigenvalue weighted by atomic mass is 35.5. The molecule has 1 heterocycles. The van der Waals surface area contributed by atoms with E-state index in [2.05, 4.69) is 43.0 Å². The van der Waals surface area contributed by atoms with Crippen LogP contribution in [0.5, 0.6) is 11.5 Å². The third kappa shape index (κ3) is 4.08. The van der Waals surface area contributed by atoms with Crippen LogP contribution in [0.2, 0.25) is 0 Å². The van der Waals surface area contributed by atoms with Crippen LogP contribution in [-0.2, 0) is 0 Å². The first-order valence-corrected chi connectivity index (χ1v) is 8.83. The maximum atomic E-state index is 6.47. The van der Waals surface area contributed by atoms with Gasteiger partial charge < -0.3 is 20.1 Å². The monoisotopic (exact) mass is 376 g/mol. The second kappa shape index (κ2) is 8.65. The molecule has 3 rings (SSSR count). The van der Waals surface area contributed by atoms with Crippen molar-refractivity contribution in [2.45, 2.75) is 32.2 Å². The van der Waals surface area contributed by atoms with Gasteiger partial charge in [0.1, 0.15) is 0 Å². The lowest BCUT2D eigenvalue weighted by Gasteiger charge is -2.39. The summed E-state index contributed by atoms with van der Waals surface area (Å²) in [5.41, 5.74) is 11.6. The van der Waals surface area contributed by atoms with E-state index >= 15 is 0 Å². The van der Waals surface area contributed by atoms with Gasteiger partial charge in [-0.25, -0.2) is 0 Å². The summed E-state index contributed by atoms with van der Waals surface area (Å²) >= 11 is 0. The maximum Gasteiger partial charge on any atom is 0.162 e. The SMILES string of the molecule is COc1ccc(N2CCC(N)C(c3ccc(C)c(C)c3)C2)cc1OC.Cl. The molecule has 26 heavy (non-hydrogen) atoms. The van der Waals surface area contributed by atoms with Crippen LogP contribution in [0.25, 0.3) is 0 Å². The number of anilines is 1. The molecular formula is C21H29ClN2O2. The number of nitrogens with zero attached hydrogens (tertiary/aromatic N) is 1. The van der Waals surface area contributed by atoms with E-state index in [9.17, 15) is 0 Å². The van der Waals surface area contributed by atoms with E-state index in [4.69, 9.17) is 15.2 Å². The second-order valence-corrected chi connectivity index (χ2v) is 6.89. The Morgan fingerprint density at radius 3 is 2.35 bits per heavy atom. The van der Waals surface area contributed by atoms with Crippen LogP contribution >= 0.6 is 12.4 Å². The zero-order chi connectivity index (χ0) is 18.0. The third-order valence-electron chi connectivity index (χ3n) is 5.36. The molecule has 0 saturated carbocycles. The van der Waals surface area contributed by atoms with Gasteiger partial charge >= 0.3 is 0 Å². The molecule has 1 aliphatic heterocycles. The van der Waals surface area contributed by atoms with E-state index in [1.165, 1.54) is 16.7 Å².